The zero-order chi connectivity index (χ0) is 12.0. The van der Waals surface area contributed by atoms with E-state index < -0.39 is 11.2 Å². The smallest absolute Gasteiger partial charge is 0.319 e. The van der Waals surface area contributed by atoms with Crippen LogP contribution in [-0.2, 0) is 9.53 Å². The first-order valence-corrected chi connectivity index (χ1v) is 5.30. The molecule has 0 radical (unpaired) electrons. The molecule has 1 aromatic heterocycles. The number of aromatic nitrogens is 1. The number of methoxy groups -OCH3 is 1. The average Bonchev–Trinajstić information content (AvgIpc) is 2.28. The molecule has 1 unspecified atom stereocenters. The van der Waals surface area contributed by atoms with E-state index in [0.29, 0.717) is 10.6 Å². The number of hydrogen-bond donors (Lipinski definition) is 1. The lowest BCUT2D eigenvalue weighted by molar-refractivity contribution is -0.137. The van der Waals surface area contributed by atoms with Crippen molar-refractivity contribution in [1.82, 2.24) is 4.98 Å². The predicted molar refractivity (Wildman–Crippen MR) is 58.1 cm³/mol. The highest BCUT2D eigenvalue weighted by Crippen LogP contribution is 2.22. The van der Waals surface area contributed by atoms with E-state index in [1.165, 1.54) is 13.3 Å². The van der Waals surface area contributed by atoms with Crippen molar-refractivity contribution in [2.24, 2.45) is 0 Å². The van der Waals surface area contributed by atoms with Gasteiger partial charge < -0.3 is 9.84 Å². The van der Waals surface area contributed by atoms with E-state index in [4.69, 9.17) is 15.1 Å². The number of rotatable bonds is 5. The van der Waals surface area contributed by atoms with Crippen molar-refractivity contribution in [3.05, 3.63) is 23.9 Å². The van der Waals surface area contributed by atoms with Crippen LogP contribution in [0.25, 0.3) is 0 Å². The fourth-order valence-corrected chi connectivity index (χ4v) is 1.91. The molecule has 0 aliphatic heterocycles. The van der Waals surface area contributed by atoms with Crippen LogP contribution in [0.1, 0.15) is 5.56 Å². The van der Waals surface area contributed by atoms with E-state index in [0.717, 1.165) is 11.8 Å². The lowest BCUT2D eigenvalue weighted by Gasteiger charge is -2.09. The van der Waals surface area contributed by atoms with Crippen LogP contribution in [0.15, 0.2) is 23.4 Å². The number of pyridine rings is 1. The van der Waals surface area contributed by atoms with Crippen LogP contribution < -0.4 is 0 Å². The molecule has 0 aliphatic carbocycles. The van der Waals surface area contributed by atoms with Crippen LogP contribution in [0.2, 0.25) is 0 Å². The third kappa shape index (κ3) is 3.53. The van der Waals surface area contributed by atoms with Crippen molar-refractivity contribution in [3.8, 4) is 6.07 Å². The standard InChI is InChI=1S/C10H10N2O3S/c1-15-6-8(10(13)14)16-9-4-7(5-11)2-3-12-9/h2-4,8H,6H2,1H3,(H,13,14). The second kappa shape index (κ2) is 6.10. The Morgan fingerprint density at radius 3 is 3.12 bits per heavy atom. The first-order valence-electron chi connectivity index (χ1n) is 4.42. The number of carbonyl (C=O) groups is 1. The molecule has 1 aromatic rings. The molecule has 0 aliphatic rings. The zero-order valence-corrected chi connectivity index (χ0v) is 9.40. The third-order valence-electron chi connectivity index (χ3n) is 1.72. The normalized spacial score (nSPS) is 11.8. The van der Waals surface area contributed by atoms with Gasteiger partial charge >= 0.3 is 5.97 Å². The van der Waals surface area contributed by atoms with Gasteiger partial charge in [-0.1, -0.05) is 11.8 Å². The Morgan fingerprint density at radius 2 is 2.56 bits per heavy atom. The summed E-state index contributed by atoms with van der Waals surface area (Å²) in [5, 5.41) is 17.4. The molecule has 0 spiro atoms. The summed E-state index contributed by atoms with van der Waals surface area (Å²) in [5.74, 6) is -0.962. The Balaban J connectivity index is 2.77. The Labute approximate surface area is 97.1 Å². The summed E-state index contributed by atoms with van der Waals surface area (Å²) >= 11 is 1.06. The quantitative estimate of drug-likeness (QED) is 0.774. The van der Waals surface area contributed by atoms with Crippen molar-refractivity contribution in [2.75, 3.05) is 13.7 Å². The summed E-state index contributed by atoms with van der Waals surface area (Å²) in [5.41, 5.74) is 0.457. The number of aliphatic carboxylic acids is 1. The molecular formula is C10H10N2O3S. The first kappa shape index (κ1) is 12.5. The van der Waals surface area contributed by atoms with Crippen molar-refractivity contribution in [3.63, 3.8) is 0 Å². The summed E-state index contributed by atoms with van der Waals surface area (Å²) < 4.78 is 4.80. The second-order valence-corrected chi connectivity index (χ2v) is 4.12. The van der Waals surface area contributed by atoms with Gasteiger partial charge in [0, 0.05) is 13.3 Å². The molecule has 0 aromatic carbocycles. The Morgan fingerprint density at radius 1 is 1.81 bits per heavy atom. The minimum Gasteiger partial charge on any atom is -0.480 e. The predicted octanol–water partition coefficient (Wildman–Crippen LogP) is 1.14. The van der Waals surface area contributed by atoms with Gasteiger partial charge in [-0.2, -0.15) is 5.26 Å². The van der Waals surface area contributed by atoms with E-state index in [-0.39, 0.29) is 6.61 Å². The summed E-state index contributed by atoms with van der Waals surface area (Å²) in [4.78, 5) is 14.8. The highest BCUT2D eigenvalue weighted by Gasteiger charge is 2.19. The summed E-state index contributed by atoms with van der Waals surface area (Å²) in [6.07, 6.45) is 1.48. The van der Waals surface area contributed by atoms with Crippen LogP contribution in [-0.4, -0.2) is 35.0 Å². The maximum Gasteiger partial charge on any atom is 0.319 e. The van der Waals surface area contributed by atoms with Crippen LogP contribution in [0.3, 0.4) is 0 Å². The number of thioether (sulfide) groups is 1. The molecule has 0 fully saturated rings. The second-order valence-electron chi connectivity index (χ2n) is 2.89. The van der Waals surface area contributed by atoms with Crippen molar-refractivity contribution in [1.29, 1.82) is 5.26 Å². The first-order chi connectivity index (χ1) is 7.67. The highest BCUT2D eigenvalue weighted by atomic mass is 32.2. The molecule has 0 bridgehead atoms. The van der Waals surface area contributed by atoms with Crippen LogP contribution >= 0.6 is 11.8 Å². The third-order valence-corrected chi connectivity index (χ3v) is 2.81. The number of hydrogen-bond acceptors (Lipinski definition) is 5. The van der Waals surface area contributed by atoms with Gasteiger partial charge in [0.1, 0.15) is 5.25 Å². The Kier molecular flexibility index (Phi) is 4.76. The van der Waals surface area contributed by atoms with Gasteiger partial charge in [-0.25, -0.2) is 4.98 Å². The SMILES string of the molecule is COCC(Sc1cc(C#N)ccn1)C(=O)O. The molecule has 1 heterocycles. The van der Waals surface area contributed by atoms with Crippen molar-refractivity contribution >= 4 is 17.7 Å². The maximum atomic E-state index is 10.9. The highest BCUT2D eigenvalue weighted by molar-refractivity contribution is 8.00. The number of nitriles is 1. The zero-order valence-electron chi connectivity index (χ0n) is 8.58. The Hall–Kier alpha value is -1.58. The summed E-state index contributed by atoms with van der Waals surface area (Å²) in [7, 11) is 1.44. The van der Waals surface area contributed by atoms with Crippen LogP contribution in [0.4, 0.5) is 0 Å². The lowest BCUT2D eigenvalue weighted by Crippen LogP contribution is -2.21. The molecule has 0 amide bonds. The van der Waals surface area contributed by atoms with Gasteiger partial charge in [-0.3, -0.25) is 4.79 Å². The molecule has 1 rings (SSSR count). The molecule has 6 heteroatoms. The minimum absolute atomic E-state index is 0.0957. The van der Waals surface area contributed by atoms with E-state index in [2.05, 4.69) is 4.98 Å². The summed E-state index contributed by atoms with van der Waals surface area (Å²) in [6, 6.07) is 5.09. The maximum absolute atomic E-state index is 10.9. The molecule has 0 saturated heterocycles. The van der Waals surface area contributed by atoms with Crippen LogP contribution in [0.5, 0.6) is 0 Å². The van der Waals surface area contributed by atoms with Gasteiger partial charge in [-0.05, 0) is 12.1 Å². The molecule has 84 valence electrons. The summed E-state index contributed by atoms with van der Waals surface area (Å²) in [6.45, 7) is 0.0957. The van der Waals surface area contributed by atoms with E-state index >= 15 is 0 Å². The molecule has 0 saturated carbocycles. The number of carboxylic acid groups (broad SMARTS) is 1. The molecule has 16 heavy (non-hydrogen) atoms. The lowest BCUT2D eigenvalue weighted by atomic mass is 10.3. The van der Waals surface area contributed by atoms with E-state index in [1.54, 1.807) is 12.1 Å². The molecule has 5 nitrogen and oxygen atoms in total. The molecule has 1 N–H and O–H groups in total. The number of nitrogens with zero attached hydrogens (tertiary/aromatic N) is 2. The fraction of sp³-hybridized carbons (Fsp3) is 0.300. The van der Waals surface area contributed by atoms with Gasteiger partial charge in [-0.15, -0.1) is 0 Å². The van der Waals surface area contributed by atoms with Crippen molar-refractivity contribution < 1.29 is 14.6 Å². The van der Waals surface area contributed by atoms with Crippen LogP contribution in [0, 0.1) is 11.3 Å². The molecular weight excluding hydrogens is 228 g/mol. The van der Waals surface area contributed by atoms with E-state index in [1.807, 2.05) is 6.07 Å². The van der Waals surface area contributed by atoms with Gasteiger partial charge in [0.2, 0.25) is 0 Å². The van der Waals surface area contributed by atoms with Crippen molar-refractivity contribution in [2.45, 2.75) is 10.3 Å². The average molecular weight is 238 g/mol. The topological polar surface area (TPSA) is 83.2 Å². The van der Waals surface area contributed by atoms with Gasteiger partial charge in [0.25, 0.3) is 0 Å². The molecule has 1 atom stereocenters. The Bertz CT molecular complexity index is 417. The fourth-order valence-electron chi connectivity index (χ4n) is 0.996. The number of carboxylic acids is 1. The minimum atomic E-state index is -0.962. The van der Waals surface area contributed by atoms with E-state index in [9.17, 15) is 4.79 Å². The monoisotopic (exact) mass is 238 g/mol. The van der Waals surface area contributed by atoms with Gasteiger partial charge in [0.15, 0.2) is 0 Å². The number of ether oxygens (including phenoxy) is 1. The van der Waals surface area contributed by atoms with Gasteiger partial charge in [0.05, 0.1) is 23.3 Å². The largest absolute Gasteiger partial charge is 0.480 e.